The maximum atomic E-state index is 11.2. The fourth-order valence-corrected chi connectivity index (χ4v) is 0.639. The zero-order valence-electron chi connectivity index (χ0n) is 8.64. The third-order valence-electron chi connectivity index (χ3n) is 1.72. The van der Waals surface area contributed by atoms with Crippen molar-refractivity contribution < 1.29 is 14.3 Å². The van der Waals surface area contributed by atoms with Crippen LogP contribution in [0, 0.1) is 0 Å². The Morgan fingerprint density at radius 3 is 2.08 bits per heavy atom. The normalized spacial score (nSPS) is 9.23. The standard InChI is InChI=1S/C10H16O3/c1-5-6-9(11)13-10(12)8(4)7(2)3/h5-6H2,1-4H3. The first-order chi connectivity index (χ1) is 5.99. The average Bonchev–Trinajstić information content (AvgIpc) is 2.03. The summed E-state index contributed by atoms with van der Waals surface area (Å²) in [6, 6.07) is 0. The predicted octanol–water partition coefficient (Wildman–Crippen LogP) is 2.21. The summed E-state index contributed by atoms with van der Waals surface area (Å²) in [6.45, 7) is 7.12. The summed E-state index contributed by atoms with van der Waals surface area (Å²) in [4.78, 5) is 22.1. The lowest BCUT2D eigenvalue weighted by molar-refractivity contribution is -0.156. The van der Waals surface area contributed by atoms with Crippen LogP contribution < -0.4 is 0 Å². The van der Waals surface area contributed by atoms with Gasteiger partial charge in [0.1, 0.15) is 0 Å². The lowest BCUT2D eigenvalue weighted by Gasteiger charge is -2.03. The minimum Gasteiger partial charge on any atom is -0.390 e. The van der Waals surface area contributed by atoms with Gasteiger partial charge in [-0.3, -0.25) is 4.79 Å². The number of carbonyl (C=O) groups excluding carboxylic acids is 2. The van der Waals surface area contributed by atoms with E-state index in [4.69, 9.17) is 0 Å². The van der Waals surface area contributed by atoms with Crippen LogP contribution in [0.3, 0.4) is 0 Å². The zero-order chi connectivity index (χ0) is 10.4. The highest BCUT2D eigenvalue weighted by atomic mass is 16.6. The molecule has 0 N–H and O–H groups in total. The van der Waals surface area contributed by atoms with Gasteiger partial charge in [0.2, 0.25) is 0 Å². The summed E-state index contributed by atoms with van der Waals surface area (Å²) < 4.78 is 4.58. The van der Waals surface area contributed by atoms with E-state index in [0.29, 0.717) is 18.4 Å². The fourth-order valence-electron chi connectivity index (χ4n) is 0.639. The summed E-state index contributed by atoms with van der Waals surface area (Å²) in [5, 5.41) is 0. The van der Waals surface area contributed by atoms with Crippen molar-refractivity contribution >= 4 is 11.9 Å². The number of ether oxygens (including phenoxy) is 1. The third kappa shape index (κ3) is 4.45. The van der Waals surface area contributed by atoms with Gasteiger partial charge < -0.3 is 4.74 Å². The largest absolute Gasteiger partial charge is 0.390 e. The minimum absolute atomic E-state index is 0.293. The first-order valence-corrected chi connectivity index (χ1v) is 4.38. The number of rotatable bonds is 3. The predicted molar refractivity (Wildman–Crippen MR) is 50.1 cm³/mol. The van der Waals surface area contributed by atoms with Crippen LogP contribution in [0.2, 0.25) is 0 Å². The minimum atomic E-state index is -0.529. The maximum absolute atomic E-state index is 11.2. The van der Waals surface area contributed by atoms with Crippen molar-refractivity contribution in [1.82, 2.24) is 0 Å². The Bertz CT molecular complexity index is 235. The summed E-state index contributed by atoms with van der Waals surface area (Å²) in [7, 11) is 0. The van der Waals surface area contributed by atoms with E-state index in [-0.39, 0.29) is 0 Å². The Morgan fingerprint density at radius 1 is 1.15 bits per heavy atom. The van der Waals surface area contributed by atoms with E-state index < -0.39 is 11.9 Å². The zero-order valence-corrected chi connectivity index (χ0v) is 8.64. The van der Waals surface area contributed by atoms with Crippen molar-refractivity contribution in [3.05, 3.63) is 11.1 Å². The number of hydrogen-bond acceptors (Lipinski definition) is 3. The smallest absolute Gasteiger partial charge is 0.341 e. The molecular weight excluding hydrogens is 168 g/mol. The van der Waals surface area contributed by atoms with Crippen molar-refractivity contribution in [2.75, 3.05) is 0 Å². The molecular formula is C10H16O3. The van der Waals surface area contributed by atoms with E-state index in [1.165, 1.54) is 0 Å². The van der Waals surface area contributed by atoms with E-state index in [2.05, 4.69) is 4.74 Å². The molecule has 0 saturated carbocycles. The lowest BCUT2D eigenvalue weighted by atomic mass is 10.2. The van der Waals surface area contributed by atoms with Gasteiger partial charge >= 0.3 is 11.9 Å². The highest BCUT2D eigenvalue weighted by Gasteiger charge is 2.11. The summed E-state index contributed by atoms with van der Waals surface area (Å²) >= 11 is 0. The van der Waals surface area contributed by atoms with Crippen LogP contribution in [0.4, 0.5) is 0 Å². The Hall–Kier alpha value is -1.12. The maximum Gasteiger partial charge on any atom is 0.341 e. The highest BCUT2D eigenvalue weighted by Crippen LogP contribution is 2.05. The Morgan fingerprint density at radius 2 is 1.69 bits per heavy atom. The highest BCUT2D eigenvalue weighted by molar-refractivity contribution is 5.96. The lowest BCUT2D eigenvalue weighted by Crippen LogP contribution is -2.13. The van der Waals surface area contributed by atoms with Gasteiger partial charge in [-0.05, 0) is 27.2 Å². The molecule has 0 aromatic heterocycles. The Balaban J connectivity index is 4.17. The Labute approximate surface area is 78.8 Å². The molecule has 0 amide bonds. The molecule has 0 spiro atoms. The molecule has 0 unspecified atom stereocenters. The molecule has 0 radical (unpaired) electrons. The molecule has 0 aromatic rings. The molecule has 0 aliphatic rings. The fraction of sp³-hybridized carbons (Fsp3) is 0.600. The molecule has 0 aliphatic heterocycles. The number of esters is 2. The molecule has 0 aromatic carbocycles. The molecule has 74 valence electrons. The molecule has 3 nitrogen and oxygen atoms in total. The van der Waals surface area contributed by atoms with E-state index in [1.54, 1.807) is 20.8 Å². The molecule has 3 heteroatoms. The van der Waals surface area contributed by atoms with Crippen molar-refractivity contribution in [3.8, 4) is 0 Å². The molecule has 13 heavy (non-hydrogen) atoms. The Kier molecular flexibility index (Phi) is 5.04. The van der Waals surface area contributed by atoms with E-state index in [0.717, 1.165) is 5.57 Å². The van der Waals surface area contributed by atoms with Crippen LogP contribution in [-0.2, 0) is 14.3 Å². The summed E-state index contributed by atoms with van der Waals surface area (Å²) in [5.41, 5.74) is 1.37. The second-order valence-electron chi connectivity index (χ2n) is 3.14. The first-order valence-electron chi connectivity index (χ1n) is 4.38. The molecule has 0 saturated heterocycles. The third-order valence-corrected chi connectivity index (χ3v) is 1.72. The van der Waals surface area contributed by atoms with Crippen LogP contribution >= 0.6 is 0 Å². The van der Waals surface area contributed by atoms with Crippen molar-refractivity contribution in [3.63, 3.8) is 0 Å². The second-order valence-corrected chi connectivity index (χ2v) is 3.14. The monoisotopic (exact) mass is 184 g/mol. The van der Waals surface area contributed by atoms with Gasteiger partial charge in [-0.15, -0.1) is 0 Å². The van der Waals surface area contributed by atoms with E-state index in [9.17, 15) is 9.59 Å². The first kappa shape index (κ1) is 11.9. The number of allylic oxidation sites excluding steroid dienone is 1. The van der Waals surface area contributed by atoms with Gasteiger partial charge in [0.15, 0.2) is 0 Å². The number of hydrogen-bond donors (Lipinski definition) is 0. The quantitative estimate of drug-likeness (QED) is 0.383. The molecule has 0 rings (SSSR count). The topological polar surface area (TPSA) is 43.4 Å². The van der Waals surface area contributed by atoms with Gasteiger partial charge in [0.05, 0.1) is 0 Å². The van der Waals surface area contributed by atoms with Crippen LogP contribution in [0.5, 0.6) is 0 Å². The van der Waals surface area contributed by atoms with Crippen LogP contribution in [0.1, 0.15) is 40.5 Å². The molecule has 0 heterocycles. The molecule has 0 atom stereocenters. The van der Waals surface area contributed by atoms with E-state index >= 15 is 0 Å². The molecule has 0 aliphatic carbocycles. The van der Waals surface area contributed by atoms with Gasteiger partial charge in [-0.1, -0.05) is 12.5 Å². The van der Waals surface area contributed by atoms with Crippen LogP contribution in [-0.4, -0.2) is 11.9 Å². The number of carbonyl (C=O) groups is 2. The van der Waals surface area contributed by atoms with Crippen LogP contribution in [0.15, 0.2) is 11.1 Å². The van der Waals surface area contributed by atoms with Crippen molar-refractivity contribution in [2.45, 2.75) is 40.5 Å². The molecule has 0 bridgehead atoms. The van der Waals surface area contributed by atoms with E-state index in [1.807, 2.05) is 6.92 Å². The second kappa shape index (κ2) is 5.51. The van der Waals surface area contributed by atoms with Gasteiger partial charge in [0.25, 0.3) is 0 Å². The van der Waals surface area contributed by atoms with Crippen LogP contribution in [0.25, 0.3) is 0 Å². The van der Waals surface area contributed by atoms with Gasteiger partial charge in [-0.2, -0.15) is 0 Å². The SMILES string of the molecule is CCCC(=O)OC(=O)C(C)=C(C)C. The molecule has 0 fully saturated rings. The van der Waals surface area contributed by atoms with Gasteiger partial charge in [-0.25, -0.2) is 4.79 Å². The van der Waals surface area contributed by atoms with Crippen molar-refractivity contribution in [1.29, 1.82) is 0 Å². The van der Waals surface area contributed by atoms with Gasteiger partial charge in [0, 0.05) is 12.0 Å². The summed E-state index contributed by atoms with van der Waals surface area (Å²) in [5.74, 6) is -0.980. The summed E-state index contributed by atoms with van der Waals surface area (Å²) in [6.07, 6.45) is 0.988. The average molecular weight is 184 g/mol. The van der Waals surface area contributed by atoms with Crippen molar-refractivity contribution in [2.24, 2.45) is 0 Å².